The number of anilines is 1. The molecule has 1 aromatic rings. The second-order valence-electron chi connectivity index (χ2n) is 2.71. The Labute approximate surface area is 94.4 Å². The van der Waals surface area contributed by atoms with Crippen LogP contribution in [-0.2, 0) is 0 Å². The van der Waals surface area contributed by atoms with E-state index in [4.69, 9.17) is 17.0 Å². The number of thiocarbonyl (C=S) groups is 1. The standard InChI is InChI=1S/C10H13N3OS/c1-3-6-11-10(15)13-8-4-5-9(14-2)12-7-8/h3-5,7H,1,6H2,2H3,(H2,11,13,15). The highest BCUT2D eigenvalue weighted by Crippen LogP contribution is 2.10. The monoisotopic (exact) mass is 223 g/mol. The third kappa shape index (κ3) is 3.95. The average Bonchev–Trinajstić information content (AvgIpc) is 2.27. The van der Waals surface area contributed by atoms with E-state index >= 15 is 0 Å². The van der Waals surface area contributed by atoms with Gasteiger partial charge >= 0.3 is 0 Å². The van der Waals surface area contributed by atoms with Gasteiger partial charge in [-0.25, -0.2) is 4.98 Å². The Balaban J connectivity index is 2.49. The highest BCUT2D eigenvalue weighted by Gasteiger charge is 1.97. The molecule has 80 valence electrons. The minimum atomic E-state index is 0.543. The van der Waals surface area contributed by atoms with Crippen LogP contribution in [0.4, 0.5) is 5.69 Å². The van der Waals surface area contributed by atoms with E-state index in [0.717, 1.165) is 5.69 Å². The molecule has 0 radical (unpaired) electrons. The van der Waals surface area contributed by atoms with Crippen LogP contribution in [0.5, 0.6) is 5.88 Å². The lowest BCUT2D eigenvalue weighted by Crippen LogP contribution is -2.28. The largest absolute Gasteiger partial charge is 0.481 e. The Bertz CT molecular complexity index is 337. The number of nitrogens with zero attached hydrogens (tertiary/aromatic N) is 1. The zero-order valence-corrected chi connectivity index (χ0v) is 9.30. The topological polar surface area (TPSA) is 46.2 Å². The fourth-order valence-electron chi connectivity index (χ4n) is 0.915. The SMILES string of the molecule is C=CCNC(=S)Nc1ccc(OC)nc1. The molecule has 0 spiro atoms. The average molecular weight is 223 g/mol. The maximum absolute atomic E-state index is 5.03. The van der Waals surface area contributed by atoms with Crippen LogP contribution in [0.1, 0.15) is 0 Å². The lowest BCUT2D eigenvalue weighted by Gasteiger charge is -2.08. The van der Waals surface area contributed by atoms with E-state index < -0.39 is 0 Å². The van der Waals surface area contributed by atoms with E-state index in [1.165, 1.54) is 0 Å². The quantitative estimate of drug-likeness (QED) is 0.599. The molecular formula is C10H13N3OS. The summed E-state index contributed by atoms with van der Waals surface area (Å²) in [5.41, 5.74) is 0.817. The molecule has 5 heteroatoms. The van der Waals surface area contributed by atoms with Gasteiger partial charge in [0.1, 0.15) is 0 Å². The molecule has 0 amide bonds. The molecule has 0 aliphatic heterocycles. The normalized spacial score (nSPS) is 9.13. The van der Waals surface area contributed by atoms with E-state index in [0.29, 0.717) is 17.5 Å². The van der Waals surface area contributed by atoms with Gasteiger partial charge in [-0.3, -0.25) is 0 Å². The third-order valence-corrected chi connectivity index (χ3v) is 1.86. The highest BCUT2D eigenvalue weighted by atomic mass is 32.1. The molecule has 4 nitrogen and oxygen atoms in total. The van der Waals surface area contributed by atoms with Gasteiger partial charge in [0, 0.05) is 12.6 Å². The molecule has 0 unspecified atom stereocenters. The van der Waals surface area contributed by atoms with Crippen molar-refractivity contribution in [2.24, 2.45) is 0 Å². The van der Waals surface area contributed by atoms with E-state index in [-0.39, 0.29) is 0 Å². The van der Waals surface area contributed by atoms with Crippen LogP contribution < -0.4 is 15.4 Å². The van der Waals surface area contributed by atoms with Crippen LogP contribution in [0.25, 0.3) is 0 Å². The van der Waals surface area contributed by atoms with Crippen LogP contribution in [-0.4, -0.2) is 23.8 Å². The highest BCUT2D eigenvalue weighted by molar-refractivity contribution is 7.80. The predicted octanol–water partition coefficient (Wildman–Crippen LogP) is 1.56. The molecule has 1 rings (SSSR count). The molecule has 0 atom stereocenters. The molecule has 0 aliphatic carbocycles. The van der Waals surface area contributed by atoms with E-state index in [1.807, 2.05) is 6.07 Å². The Kier molecular flexibility index (Phi) is 4.56. The fraction of sp³-hybridized carbons (Fsp3) is 0.200. The van der Waals surface area contributed by atoms with Gasteiger partial charge in [0.05, 0.1) is 19.0 Å². The van der Waals surface area contributed by atoms with Gasteiger partial charge in [0.2, 0.25) is 5.88 Å². The van der Waals surface area contributed by atoms with Gasteiger partial charge in [-0.2, -0.15) is 0 Å². The zero-order chi connectivity index (χ0) is 11.1. The van der Waals surface area contributed by atoms with E-state index in [9.17, 15) is 0 Å². The summed E-state index contributed by atoms with van der Waals surface area (Å²) in [6.07, 6.45) is 3.39. The first-order valence-corrected chi connectivity index (χ1v) is 4.83. The maximum Gasteiger partial charge on any atom is 0.213 e. The summed E-state index contributed by atoms with van der Waals surface area (Å²) in [7, 11) is 1.58. The summed E-state index contributed by atoms with van der Waals surface area (Å²) in [6, 6.07) is 3.60. The zero-order valence-electron chi connectivity index (χ0n) is 8.49. The van der Waals surface area contributed by atoms with Crippen LogP contribution >= 0.6 is 12.2 Å². The molecule has 0 saturated carbocycles. The Morgan fingerprint density at radius 3 is 3.00 bits per heavy atom. The van der Waals surface area contributed by atoms with Gasteiger partial charge in [0.25, 0.3) is 0 Å². The fourth-order valence-corrected chi connectivity index (χ4v) is 1.12. The summed E-state index contributed by atoms with van der Waals surface area (Å²) < 4.78 is 4.94. The molecule has 0 aromatic carbocycles. The number of hydrogen-bond acceptors (Lipinski definition) is 3. The number of methoxy groups -OCH3 is 1. The molecule has 0 fully saturated rings. The molecule has 15 heavy (non-hydrogen) atoms. The van der Waals surface area contributed by atoms with Gasteiger partial charge in [-0.15, -0.1) is 6.58 Å². The van der Waals surface area contributed by atoms with Gasteiger partial charge in [0.15, 0.2) is 5.11 Å². The number of ether oxygens (including phenoxy) is 1. The van der Waals surface area contributed by atoms with Crippen LogP contribution in [0.15, 0.2) is 31.0 Å². The Morgan fingerprint density at radius 1 is 1.67 bits per heavy atom. The third-order valence-electron chi connectivity index (χ3n) is 1.61. The number of aromatic nitrogens is 1. The second-order valence-corrected chi connectivity index (χ2v) is 3.12. The molecular weight excluding hydrogens is 210 g/mol. The van der Waals surface area contributed by atoms with Crippen LogP contribution in [0.3, 0.4) is 0 Å². The molecule has 0 aliphatic rings. The number of pyridine rings is 1. The van der Waals surface area contributed by atoms with Crippen molar-refractivity contribution >= 4 is 23.0 Å². The summed E-state index contributed by atoms with van der Waals surface area (Å²) in [6.45, 7) is 4.22. The number of hydrogen-bond donors (Lipinski definition) is 2. The smallest absolute Gasteiger partial charge is 0.213 e. The first kappa shape index (κ1) is 11.5. The van der Waals surface area contributed by atoms with Crippen molar-refractivity contribution in [3.05, 3.63) is 31.0 Å². The molecule has 2 N–H and O–H groups in total. The van der Waals surface area contributed by atoms with E-state index in [2.05, 4.69) is 22.2 Å². The molecule has 0 bridgehead atoms. The van der Waals surface area contributed by atoms with Gasteiger partial charge in [-0.05, 0) is 18.3 Å². The van der Waals surface area contributed by atoms with Crippen molar-refractivity contribution in [3.8, 4) is 5.88 Å². The lowest BCUT2D eigenvalue weighted by atomic mass is 10.4. The first-order chi connectivity index (χ1) is 7.26. The minimum absolute atomic E-state index is 0.543. The first-order valence-electron chi connectivity index (χ1n) is 4.42. The van der Waals surface area contributed by atoms with Gasteiger partial charge < -0.3 is 15.4 Å². The molecule has 1 heterocycles. The van der Waals surface area contributed by atoms with Crippen molar-refractivity contribution < 1.29 is 4.74 Å². The Morgan fingerprint density at radius 2 is 2.47 bits per heavy atom. The van der Waals surface area contributed by atoms with Crippen LogP contribution in [0, 0.1) is 0 Å². The second kappa shape index (κ2) is 5.98. The maximum atomic E-state index is 5.03. The summed E-state index contributed by atoms with van der Waals surface area (Å²) in [5.74, 6) is 0.575. The van der Waals surface area contributed by atoms with Crippen molar-refractivity contribution in [1.82, 2.24) is 10.3 Å². The summed E-state index contributed by atoms with van der Waals surface area (Å²) >= 11 is 5.03. The van der Waals surface area contributed by atoms with Crippen molar-refractivity contribution in [1.29, 1.82) is 0 Å². The Hall–Kier alpha value is -1.62. The van der Waals surface area contributed by atoms with Crippen molar-refractivity contribution in [2.45, 2.75) is 0 Å². The number of rotatable bonds is 4. The minimum Gasteiger partial charge on any atom is -0.481 e. The van der Waals surface area contributed by atoms with Gasteiger partial charge in [-0.1, -0.05) is 6.08 Å². The summed E-state index contributed by atoms with van der Waals surface area (Å²) in [5, 5.41) is 6.48. The van der Waals surface area contributed by atoms with E-state index in [1.54, 1.807) is 25.4 Å². The summed E-state index contributed by atoms with van der Waals surface area (Å²) in [4.78, 5) is 4.04. The van der Waals surface area contributed by atoms with Crippen LogP contribution in [0.2, 0.25) is 0 Å². The van der Waals surface area contributed by atoms with Crippen molar-refractivity contribution in [3.63, 3.8) is 0 Å². The molecule has 0 saturated heterocycles. The lowest BCUT2D eigenvalue weighted by molar-refractivity contribution is 0.398. The number of nitrogens with one attached hydrogen (secondary N) is 2. The molecule has 1 aromatic heterocycles. The van der Waals surface area contributed by atoms with Crippen molar-refractivity contribution in [2.75, 3.05) is 19.0 Å². The predicted molar refractivity (Wildman–Crippen MR) is 65.2 cm³/mol.